The molecule has 0 spiro atoms. The van der Waals surface area contributed by atoms with Gasteiger partial charge in [-0.05, 0) is 18.2 Å². The molecule has 1 rings (SSSR count). The molecule has 0 bridgehead atoms. The molecule has 5 heteroatoms. The van der Waals surface area contributed by atoms with E-state index >= 15 is 0 Å². The lowest BCUT2D eigenvalue weighted by Gasteiger charge is -1.97. The van der Waals surface area contributed by atoms with Crippen LogP contribution in [0.25, 0.3) is 0 Å². The monoisotopic (exact) mass is 198 g/mol. The van der Waals surface area contributed by atoms with Crippen molar-refractivity contribution in [3.05, 3.63) is 28.8 Å². The van der Waals surface area contributed by atoms with Gasteiger partial charge in [0.25, 0.3) is 0 Å². The van der Waals surface area contributed by atoms with Gasteiger partial charge in [-0.25, -0.2) is 4.79 Å². The number of aromatic carboxylic acids is 1. The predicted molar refractivity (Wildman–Crippen MR) is 48.6 cm³/mol. The molecule has 0 heterocycles. The molecule has 1 aromatic rings. The molecule has 0 atom stereocenters. The van der Waals surface area contributed by atoms with Gasteiger partial charge in [-0.2, -0.15) is 0 Å². The summed E-state index contributed by atoms with van der Waals surface area (Å²) >= 11 is 5.49. The Bertz CT molecular complexity index is 301. The van der Waals surface area contributed by atoms with Crippen LogP contribution < -0.4 is 0 Å². The van der Waals surface area contributed by atoms with Gasteiger partial charge >= 0.3 is 29.0 Å². The molecule has 12 heavy (non-hydrogen) atoms. The minimum Gasteiger partial charge on any atom is -0.507 e. The Morgan fingerprint density at radius 3 is 2.42 bits per heavy atom. The summed E-state index contributed by atoms with van der Waals surface area (Å²) in [6.45, 7) is 0. The molecule has 0 aliphatic heterocycles. The second-order valence-electron chi connectivity index (χ2n) is 1.97. The van der Waals surface area contributed by atoms with Crippen molar-refractivity contribution in [2.45, 2.75) is 0 Å². The predicted octanol–water partition coefficient (Wildman–Crippen LogP) is 0.828. The molecule has 2 N–H and O–H groups in total. The molecule has 0 fully saturated rings. The molecule has 0 unspecified atom stereocenters. The lowest BCUT2D eigenvalue weighted by molar-refractivity contribution is 0.0694. The van der Waals surface area contributed by atoms with E-state index in [0.29, 0.717) is 5.02 Å². The van der Waals surface area contributed by atoms with E-state index in [9.17, 15) is 4.79 Å². The molecule has 62 valence electrons. The standard InChI is InChI=1S/C7H5ClO3.Mg.2H/c8-4-1-2-6(9)5(3-4)7(10)11;;;/h1-3,9H,(H,10,11);;;. The van der Waals surface area contributed by atoms with E-state index < -0.39 is 5.97 Å². The summed E-state index contributed by atoms with van der Waals surface area (Å²) in [6, 6.07) is 3.86. The van der Waals surface area contributed by atoms with Crippen LogP contribution >= 0.6 is 11.6 Å². The van der Waals surface area contributed by atoms with E-state index in [1.807, 2.05) is 0 Å². The number of halogens is 1. The fourth-order valence-corrected chi connectivity index (χ4v) is 0.852. The van der Waals surface area contributed by atoms with Gasteiger partial charge in [0.15, 0.2) is 0 Å². The SMILES string of the molecule is O=C(O)c1cc(Cl)ccc1O.[MgH2]. The number of phenols is 1. The molecule has 0 saturated heterocycles. The van der Waals surface area contributed by atoms with Gasteiger partial charge in [-0.3, -0.25) is 0 Å². The Kier molecular flexibility index (Phi) is 4.37. The Morgan fingerprint density at radius 1 is 1.42 bits per heavy atom. The topological polar surface area (TPSA) is 57.5 Å². The second-order valence-corrected chi connectivity index (χ2v) is 2.40. The second kappa shape index (κ2) is 4.54. The first-order valence-corrected chi connectivity index (χ1v) is 3.21. The Morgan fingerprint density at radius 2 is 2.00 bits per heavy atom. The van der Waals surface area contributed by atoms with Crippen LogP contribution in [0.2, 0.25) is 5.02 Å². The van der Waals surface area contributed by atoms with Crippen molar-refractivity contribution in [1.82, 2.24) is 0 Å². The van der Waals surface area contributed by atoms with Gasteiger partial charge in [0.05, 0.1) is 0 Å². The van der Waals surface area contributed by atoms with E-state index in [2.05, 4.69) is 0 Å². The normalized spacial score (nSPS) is 8.75. The highest BCUT2D eigenvalue weighted by Crippen LogP contribution is 2.20. The summed E-state index contributed by atoms with van der Waals surface area (Å²) in [7, 11) is 0. The molecule has 0 amide bonds. The van der Waals surface area contributed by atoms with E-state index in [1.165, 1.54) is 18.2 Å². The fourth-order valence-electron chi connectivity index (χ4n) is 0.680. The van der Waals surface area contributed by atoms with Gasteiger partial charge < -0.3 is 10.2 Å². The Balaban J connectivity index is 0.00000121. The highest BCUT2D eigenvalue weighted by atomic mass is 35.5. The molecule has 0 aliphatic carbocycles. The first kappa shape index (κ1) is 11.5. The summed E-state index contributed by atoms with van der Waals surface area (Å²) < 4.78 is 0. The van der Waals surface area contributed by atoms with E-state index in [-0.39, 0.29) is 34.4 Å². The maximum atomic E-state index is 10.4. The third-order valence-electron chi connectivity index (χ3n) is 1.19. The van der Waals surface area contributed by atoms with E-state index in [4.69, 9.17) is 21.8 Å². The van der Waals surface area contributed by atoms with Crippen molar-refractivity contribution < 1.29 is 15.0 Å². The van der Waals surface area contributed by atoms with Gasteiger partial charge in [-0.15, -0.1) is 0 Å². The summed E-state index contributed by atoms with van der Waals surface area (Å²) in [5, 5.41) is 17.7. The molecular weight excluding hydrogens is 192 g/mol. The van der Waals surface area contributed by atoms with Gasteiger partial charge in [0, 0.05) is 5.02 Å². The molecule has 0 saturated carbocycles. The summed E-state index contributed by atoms with van der Waals surface area (Å²) in [5.41, 5.74) is -0.183. The van der Waals surface area contributed by atoms with Crippen LogP contribution in [0.1, 0.15) is 10.4 Å². The first-order chi connectivity index (χ1) is 5.11. The van der Waals surface area contributed by atoms with Gasteiger partial charge in [-0.1, -0.05) is 11.6 Å². The smallest absolute Gasteiger partial charge is 0.339 e. The maximum absolute atomic E-state index is 10.4. The fraction of sp³-hybridized carbons (Fsp3) is 0. The Labute approximate surface area is 90.1 Å². The average Bonchev–Trinajstić information content (AvgIpc) is 1.94. The van der Waals surface area contributed by atoms with Crippen molar-refractivity contribution in [3.63, 3.8) is 0 Å². The minimum absolute atomic E-state index is 0. The lowest BCUT2D eigenvalue weighted by atomic mass is 10.2. The van der Waals surface area contributed by atoms with Crippen molar-refractivity contribution in [2.24, 2.45) is 0 Å². The van der Waals surface area contributed by atoms with Crippen molar-refractivity contribution >= 4 is 40.6 Å². The molecule has 0 radical (unpaired) electrons. The number of carboxylic acid groups (broad SMARTS) is 1. The van der Waals surface area contributed by atoms with Crippen molar-refractivity contribution in [3.8, 4) is 5.75 Å². The number of hydrogen-bond donors (Lipinski definition) is 2. The minimum atomic E-state index is -1.19. The van der Waals surface area contributed by atoms with Crippen LogP contribution in [-0.2, 0) is 0 Å². The molecule has 3 nitrogen and oxygen atoms in total. The van der Waals surface area contributed by atoms with Crippen molar-refractivity contribution in [1.29, 1.82) is 0 Å². The van der Waals surface area contributed by atoms with E-state index in [1.54, 1.807) is 0 Å². The third-order valence-corrected chi connectivity index (χ3v) is 1.42. The highest BCUT2D eigenvalue weighted by molar-refractivity contribution is 6.31. The number of carbonyl (C=O) groups is 1. The van der Waals surface area contributed by atoms with Crippen molar-refractivity contribution in [2.75, 3.05) is 0 Å². The van der Waals surface area contributed by atoms with Crippen LogP contribution in [0.4, 0.5) is 0 Å². The van der Waals surface area contributed by atoms with Gasteiger partial charge in [0.1, 0.15) is 11.3 Å². The van der Waals surface area contributed by atoms with Crippen LogP contribution in [0.15, 0.2) is 18.2 Å². The van der Waals surface area contributed by atoms with Gasteiger partial charge in [0.2, 0.25) is 0 Å². The molecule has 0 aliphatic rings. The molecule has 0 aromatic heterocycles. The van der Waals surface area contributed by atoms with Crippen LogP contribution in [0.5, 0.6) is 5.75 Å². The Hall–Kier alpha value is -0.454. The number of carboxylic acids is 1. The summed E-state index contributed by atoms with van der Waals surface area (Å²) in [4.78, 5) is 10.4. The number of aromatic hydroxyl groups is 1. The van der Waals surface area contributed by atoms with E-state index in [0.717, 1.165) is 0 Å². The number of rotatable bonds is 1. The number of benzene rings is 1. The zero-order valence-corrected chi connectivity index (χ0v) is 6.17. The largest absolute Gasteiger partial charge is 0.507 e. The quantitative estimate of drug-likeness (QED) is 0.658. The zero-order chi connectivity index (χ0) is 8.43. The third kappa shape index (κ3) is 2.55. The molecular formula is C7H7ClMgO3. The zero-order valence-electron chi connectivity index (χ0n) is 5.41. The van der Waals surface area contributed by atoms with Crippen LogP contribution in [0, 0.1) is 0 Å². The maximum Gasteiger partial charge on any atom is 0.339 e. The molecule has 1 aromatic carbocycles. The summed E-state index contributed by atoms with van der Waals surface area (Å²) in [5.74, 6) is -1.47. The lowest BCUT2D eigenvalue weighted by Crippen LogP contribution is -1.95. The van der Waals surface area contributed by atoms with Crippen LogP contribution in [0.3, 0.4) is 0 Å². The van der Waals surface area contributed by atoms with Crippen LogP contribution in [-0.4, -0.2) is 39.2 Å². The first-order valence-electron chi connectivity index (χ1n) is 2.83. The average molecular weight is 199 g/mol. The number of hydrogen-bond acceptors (Lipinski definition) is 2. The summed E-state index contributed by atoms with van der Waals surface area (Å²) in [6.07, 6.45) is 0. The highest BCUT2D eigenvalue weighted by Gasteiger charge is 2.08.